The lowest BCUT2D eigenvalue weighted by molar-refractivity contribution is -0.152. The van der Waals surface area contributed by atoms with Crippen molar-refractivity contribution in [1.29, 1.82) is 0 Å². The Kier molecular flexibility index (Phi) is 7.18. The first-order chi connectivity index (χ1) is 12.7. The Morgan fingerprint density at radius 2 is 1.69 bits per heavy atom. The van der Waals surface area contributed by atoms with Gasteiger partial charge in [-0.3, -0.25) is 4.79 Å². The molecule has 144 valence electrons. The predicted molar refractivity (Wildman–Crippen MR) is 103 cm³/mol. The number of ether oxygens (including phenoxy) is 2. The highest BCUT2D eigenvalue weighted by Gasteiger charge is 2.28. The third kappa shape index (κ3) is 5.90. The molecule has 1 unspecified atom stereocenters. The van der Waals surface area contributed by atoms with Crippen LogP contribution in [0, 0.1) is 0 Å². The summed E-state index contributed by atoms with van der Waals surface area (Å²) < 4.78 is 11.6. The van der Waals surface area contributed by atoms with Crippen LogP contribution >= 0.6 is 0 Å². The van der Waals surface area contributed by atoms with E-state index in [-0.39, 0.29) is 18.1 Å². The molecular weight excluding hydrogens is 328 g/mol. The van der Waals surface area contributed by atoms with Gasteiger partial charge in [0, 0.05) is 18.2 Å². The molecule has 26 heavy (non-hydrogen) atoms. The fraction of sp³-hybridized carbons (Fsp3) is 0.667. The van der Waals surface area contributed by atoms with Crippen LogP contribution in [0.15, 0.2) is 24.3 Å². The second kappa shape index (κ2) is 9.81. The van der Waals surface area contributed by atoms with Crippen LogP contribution in [0.5, 0.6) is 5.75 Å². The molecule has 3 rings (SSSR count). The molecule has 0 radical (unpaired) electrons. The lowest BCUT2D eigenvalue weighted by Gasteiger charge is -2.28. The van der Waals surface area contributed by atoms with E-state index in [2.05, 4.69) is 5.32 Å². The van der Waals surface area contributed by atoms with Crippen molar-refractivity contribution in [3.8, 4) is 5.75 Å². The third-order valence-corrected chi connectivity index (χ3v) is 5.47. The van der Waals surface area contributed by atoms with Crippen LogP contribution in [0.25, 0.3) is 0 Å². The van der Waals surface area contributed by atoms with Crippen LogP contribution in [-0.2, 0) is 9.53 Å². The molecule has 0 aliphatic heterocycles. The quantitative estimate of drug-likeness (QED) is 0.545. The van der Waals surface area contributed by atoms with Gasteiger partial charge in [0.15, 0.2) is 0 Å². The van der Waals surface area contributed by atoms with E-state index in [9.17, 15) is 4.79 Å². The average Bonchev–Trinajstić information content (AvgIpc) is 3.16. The van der Waals surface area contributed by atoms with Gasteiger partial charge in [-0.05, 0) is 62.8 Å². The van der Waals surface area contributed by atoms with Gasteiger partial charge in [0.25, 0.3) is 0 Å². The van der Waals surface area contributed by atoms with Gasteiger partial charge in [-0.15, -0.1) is 0 Å². The number of rotatable bonds is 8. The molecule has 0 heterocycles. The van der Waals surface area contributed by atoms with E-state index in [1.54, 1.807) is 0 Å². The average molecular weight is 360 g/mol. The van der Waals surface area contributed by atoms with Crippen molar-refractivity contribution in [3.05, 3.63) is 24.3 Å². The van der Waals surface area contributed by atoms with Crippen molar-refractivity contribution in [1.82, 2.24) is 5.32 Å². The number of carbonyl (C=O) groups excluding carboxylic acids is 1. The topological polar surface area (TPSA) is 73.6 Å². The Hall–Kier alpha value is -1.75. The normalized spacial score (nSPS) is 20.0. The van der Waals surface area contributed by atoms with E-state index in [1.165, 1.54) is 32.1 Å². The first-order valence-electron chi connectivity index (χ1n) is 10.2. The number of esters is 1. The summed E-state index contributed by atoms with van der Waals surface area (Å²) in [7, 11) is 0. The lowest BCUT2D eigenvalue weighted by atomic mass is 9.94. The van der Waals surface area contributed by atoms with Gasteiger partial charge in [-0.25, -0.2) is 0 Å². The Balaban J connectivity index is 1.52. The number of anilines is 1. The summed E-state index contributed by atoms with van der Waals surface area (Å²) >= 11 is 0. The van der Waals surface area contributed by atoms with Crippen LogP contribution < -0.4 is 15.8 Å². The van der Waals surface area contributed by atoms with Gasteiger partial charge in [0.1, 0.15) is 17.9 Å². The van der Waals surface area contributed by atoms with Crippen LogP contribution in [0.3, 0.4) is 0 Å². The van der Waals surface area contributed by atoms with Crippen LogP contribution in [0.4, 0.5) is 5.69 Å². The minimum atomic E-state index is -0.285. The summed E-state index contributed by atoms with van der Waals surface area (Å²) in [6.07, 6.45) is 11.1. The van der Waals surface area contributed by atoms with Gasteiger partial charge in [-0.1, -0.05) is 19.3 Å². The summed E-state index contributed by atoms with van der Waals surface area (Å²) in [6.45, 7) is 0.480. The molecule has 2 fully saturated rings. The van der Waals surface area contributed by atoms with E-state index in [0.29, 0.717) is 24.8 Å². The first kappa shape index (κ1) is 19.0. The molecule has 0 aromatic heterocycles. The summed E-state index contributed by atoms with van der Waals surface area (Å²) in [5.74, 6) is 0.670. The smallest absolute Gasteiger partial charge is 0.323 e. The van der Waals surface area contributed by atoms with Crippen molar-refractivity contribution in [2.24, 2.45) is 0 Å². The van der Waals surface area contributed by atoms with Gasteiger partial charge in [0.05, 0.1) is 6.61 Å². The Bertz CT molecular complexity index is 549. The predicted octanol–water partition coefficient (Wildman–Crippen LogP) is 3.81. The first-order valence-corrected chi connectivity index (χ1v) is 10.2. The molecule has 0 saturated heterocycles. The largest absolute Gasteiger partial charge is 0.494 e. The zero-order chi connectivity index (χ0) is 18.2. The van der Waals surface area contributed by atoms with Crippen LogP contribution in [-0.4, -0.2) is 30.8 Å². The molecule has 2 aliphatic carbocycles. The fourth-order valence-electron chi connectivity index (χ4n) is 3.93. The number of benzene rings is 1. The number of hydrogen-bond acceptors (Lipinski definition) is 5. The van der Waals surface area contributed by atoms with E-state index in [4.69, 9.17) is 15.2 Å². The van der Waals surface area contributed by atoms with Crippen LogP contribution in [0.1, 0.15) is 64.2 Å². The Labute approximate surface area is 156 Å². The number of nitrogens with two attached hydrogens (primary N) is 1. The molecule has 3 N–H and O–H groups in total. The van der Waals surface area contributed by atoms with E-state index >= 15 is 0 Å². The maximum atomic E-state index is 12.7. The highest BCUT2D eigenvalue weighted by molar-refractivity contribution is 5.76. The van der Waals surface area contributed by atoms with Gasteiger partial charge in [0.2, 0.25) is 0 Å². The second-order valence-corrected chi connectivity index (χ2v) is 7.60. The SMILES string of the molecule is Nc1ccc(OCCC(NC2CCCCC2)C(=O)OC2CCCC2)cc1. The molecule has 5 nitrogen and oxygen atoms in total. The molecule has 2 aliphatic rings. The highest BCUT2D eigenvalue weighted by Crippen LogP contribution is 2.23. The van der Waals surface area contributed by atoms with Gasteiger partial charge < -0.3 is 20.5 Å². The summed E-state index contributed by atoms with van der Waals surface area (Å²) in [4.78, 5) is 12.7. The second-order valence-electron chi connectivity index (χ2n) is 7.60. The Morgan fingerprint density at radius 3 is 2.38 bits per heavy atom. The molecule has 0 bridgehead atoms. The minimum absolute atomic E-state index is 0.108. The highest BCUT2D eigenvalue weighted by atomic mass is 16.5. The molecule has 1 aromatic carbocycles. The molecule has 0 amide bonds. The molecule has 1 atom stereocenters. The molecule has 0 spiro atoms. The van der Waals surface area contributed by atoms with E-state index < -0.39 is 0 Å². The number of nitrogen functional groups attached to an aromatic ring is 1. The summed E-state index contributed by atoms with van der Waals surface area (Å²) in [6, 6.07) is 7.49. The van der Waals surface area contributed by atoms with Crippen molar-refractivity contribution in [2.75, 3.05) is 12.3 Å². The monoisotopic (exact) mass is 360 g/mol. The number of nitrogens with one attached hydrogen (secondary N) is 1. The van der Waals surface area contributed by atoms with Crippen molar-refractivity contribution in [2.45, 2.75) is 82.4 Å². The van der Waals surface area contributed by atoms with Gasteiger partial charge >= 0.3 is 5.97 Å². The maximum Gasteiger partial charge on any atom is 0.323 e. The maximum absolute atomic E-state index is 12.7. The Morgan fingerprint density at radius 1 is 1.04 bits per heavy atom. The van der Waals surface area contributed by atoms with Crippen molar-refractivity contribution in [3.63, 3.8) is 0 Å². The molecule has 1 aromatic rings. The zero-order valence-corrected chi connectivity index (χ0v) is 15.6. The third-order valence-electron chi connectivity index (χ3n) is 5.47. The lowest BCUT2D eigenvalue weighted by Crippen LogP contribution is -2.46. The standard InChI is InChI=1S/C21H32N2O3/c22-16-10-12-18(13-11-16)25-15-14-20(23-17-6-2-1-3-7-17)21(24)26-19-8-4-5-9-19/h10-13,17,19-20,23H,1-9,14-15,22H2. The minimum Gasteiger partial charge on any atom is -0.494 e. The van der Waals surface area contributed by atoms with E-state index in [1.807, 2.05) is 24.3 Å². The van der Waals surface area contributed by atoms with Crippen LogP contribution in [0.2, 0.25) is 0 Å². The fourth-order valence-corrected chi connectivity index (χ4v) is 3.93. The van der Waals surface area contributed by atoms with Crippen molar-refractivity contribution >= 4 is 11.7 Å². The summed E-state index contributed by atoms with van der Waals surface area (Å²) in [5, 5.41) is 3.55. The number of carbonyl (C=O) groups is 1. The zero-order valence-electron chi connectivity index (χ0n) is 15.6. The molecular formula is C21H32N2O3. The van der Waals surface area contributed by atoms with Crippen molar-refractivity contribution < 1.29 is 14.3 Å². The summed E-state index contributed by atoms with van der Waals surface area (Å²) in [5.41, 5.74) is 6.42. The molecule has 2 saturated carbocycles. The van der Waals surface area contributed by atoms with E-state index in [0.717, 1.165) is 31.4 Å². The molecule has 5 heteroatoms. The number of hydrogen-bond donors (Lipinski definition) is 2. The van der Waals surface area contributed by atoms with Gasteiger partial charge in [-0.2, -0.15) is 0 Å².